The van der Waals surface area contributed by atoms with Gasteiger partial charge in [-0.2, -0.15) is 5.10 Å². The zero-order valence-electron chi connectivity index (χ0n) is 23.4. The first-order valence-corrected chi connectivity index (χ1v) is 14.5. The van der Waals surface area contributed by atoms with Gasteiger partial charge in [-0.3, -0.25) is 4.79 Å². The molecule has 8 nitrogen and oxygen atoms in total. The van der Waals surface area contributed by atoms with Gasteiger partial charge in [0.25, 0.3) is 0 Å². The van der Waals surface area contributed by atoms with E-state index in [2.05, 4.69) is 74.8 Å². The molecule has 1 atom stereocenters. The van der Waals surface area contributed by atoms with Gasteiger partial charge in [-0.1, -0.05) is 60.7 Å². The second kappa shape index (κ2) is 11.9. The van der Waals surface area contributed by atoms with Crippen molar-refractivity contribution in [3.8, 4) is 12.3 Å². The van der Waals surface area contributed by atoms with Gasteiger partial charge in [0.15, 0.2) is 5.65 Å². The monoisotopic (exact) mass is 558 g/mol. The minimum atomic E-state index is -0.342. The highest BCUT2D eigenvalue weighted by atomic mass is 16.2. The van der Waals surface area contributed by atoms with E-state index in [1.807, 2.05) is 30.3 Å². The number of unbranched alkanes of at least 4 members (excludes halogenated alkanes) is 3. The maximum atomic E-state index is 12.8. The molecule has 2 aliphatic rings. The van der Waals surface area contributed by atoms with Crippen LogP contribution in [-0.4, -0.2) is 20.5 Å². The van der Waals surface area contributed by atoms with Gasteiger partial charge in [0.1, 0.15) is 0 Å². The second-order valence-corrected chi connectivity index (χ2v) is 10.9. The minimum absolute atomic E-state index is 0.0544. The van der Waals surface area contributed by atoms with Gasteiger partial charge in [0, 0.05) is 18.2 Å². The number of benzene rings is 2. The third kappa shape index (κ3) is 5.39. The number of carbonyl (C=O) groups is 1. The van der Waals surface area contributed by atoms with Gasteiger partial charge in [-0.25, -0.2) is 19.7 Å². The van der Waals surface area contributed by atoms with E-state index in [1.54, 1.807) is 12.3 Å². The van der Waals surface area contributed by atoms with E-state index in [-0.39, 0.29) is 23.2 Å². The van der Waals surface area contributed by atoms with Crippen LogP contribution in [0.25, 0.3) is 17.3 Å². The number of pyridine rings is 1. The maximum Gasteiger partial charge on any atom is 0.347 e. The van der Waals surface area contributed by atoms with E-state index < -0.39 is 0 Å². The predicted octanol–water partition coefficient (Wildman–Crippen LogP) is 5.48. The first kappa shape index (κ1) is 27.3. The standard InChI is InChI=1S/C34H34N6O2/c1-2-3-4-5-6-10-14-30(41)35-34(20-11-21-34)26-17-15-25(16-18-26)31-27(24-12-8-7-9-13-24)23-28-29(36-37-31)19-22-40-32(28)38-39-33(40)42/h1,7-10,12-19,22-23,31,36-37H,3-6,11,20-21H2,(H,35,41)(H,39,42)/b14-10+. The Bertz CT molecular complexity index is 1740. The van der Waals surface area contributed by atoms with Crippen LogP contribution >= 0.6 is 0 Å². The molecule has 1 saturated carbocycles. The molecule has 1 unspecified atom stereocenters. The Balaban J connectivity index is 1.27. The van der Waals surface area contributed by atoms with Crippen molar-refractivity contribution in [2.75, 3.05) is 5.43 Å². The second-order valence-electron chi connectivity index (χ2n) is 10.9. The molecule has 212 valence electrons. The lowest BCUT2D eigenvalue weighted by molar-refractivity contribution is -0.119. The van der Waals surface area contributed by atoms with E-state index >= 15 is 0 Å². The molecular weight excluding hydrogens is 524 g/mol. The van der Waals surface area contributed by atoms with E-state index in [1.165, 1.54) is 4.40 Å². The molecule has 2 aromatic carbocycles. The third-order valence-electron chi connectivity index (χ3n) is 8.27. The number of aromatic amines is 1. The van der Waals surface area contributed by atoms with Crippen LogP contribution in [0.4, 0.5) is 5.69 Å². The van der Waals surface area contributed by atoms with Crippen LogP contribution in [0.5, 0.6) is 0 Å². The number of anilines is 1. The summed E-state index contributed by atoms with van der Waals surface area (Å²) in [6.45, 7) is 0. The fraction of sp³-hybridized carbons (Fsp3) is 0.265. The molecular formula is C34H34N6O2. The summed E-state index contributed by atoms with van der Waals surface area (Å²) in [7, 11) is 0. The molecule has 1 amide bonds. The summed E-state index contributed by atoms with van der Waals surface area (Å²) in [5, 5.41) is 10.1. The number of H-pyrrole nitrogens is 1. The highest BCUT2D eigenvalue weighted by molar-refractivity contribution is 5.93. The summed E-state index contributed by atoms with van der Waals surface area (Å²) in [6, 6.07) is 20.4. The van der Waals surface area contributed by atoms with Crippen molar-refractivity contribution in [1.29, 1.82) is 0 Å². The van der Waals surface area contributed by atoms with Crippen LogP contribution in [0.1, 0.15) is 73.2 Å². The molecule has 3 heterocycles. The number of nitrogens with zero attached hydrogens (tertiary/aromatic N) is 2. The van der Waals surface area contributed by atoms with Gasteiger partial charge in [-0.15, -0.1) is 12.3 Å². The quantitative estimate of drug-likeness (QED) is 0.124. The van der Waals surface area contributed by atoms with E-state index in [4.69, 9.17) is 6.42 Å². The highest BCUT2D eigenvalue weighted by Gasteiger charge is 2.39. The molecule has 4 N–H and O–H groups in total. The minimum Gasteiger partial charge on any atom is -0.343 e. The highest BCUT2D eigenvalue weighted by Crippen LogP contribution is 2.42. The molecule has 0 radical (unpaired) electrons. The Hall–Kier alpha value is -4.87. The summed E-state index contributed by atoms with van der Waals surface area (Å²) in [5.74, 6) is 2.60. The maximum absolute atomic E-state index is 12.8. The van der Waals surface area contributed by atoms with E-state index in [9.17, 15) is 9.59 Å². The largest absolute Gasteiger partial charge is 0.347 e. The normalized spacial score (nSPS) is 17.4. The van der Waals surface area contributed by atoms with Gasteiger partial charge < -0.3 is 10.7 Å². The Kier molecular flexibility index (Phi) is 7.76. The summed E-state index contributed by atoms with van der Waals surface area (Å²) >= 11 is 0. The zero-order chi connectivity index (χ0) is 28.9. The van der Waals surface area contributed by atoms with E-state index in [0.717, 1.165) is 78.5 Å². The Morgan fingerprint density at radius 1 is 1.12 bits per heavy atom. The first-order chi connectivity index (χ1) is 20.6. The number of rotatable bonds is 9. The van der Waals surface area contributed by atoms with Gasteiger partial charge in [-0.05, 0) is 79.0 Å². The van der Waals surface area contributed by atoms with Crippen molar-refractivity contribution >= 4 is 28.9 Å². The SMILES string of the molecule is C#CCCCC/C=C/C(=O)NC1(c2ccc(C3NNc4ccn5c(=O)[nH]nc5c4C=C3c3ccccc3)cc2)CCC1. The number of fused-ring (bicyclic) bond motifs is 3. The smallest absolute Gasteiger partial charge is 0.343 e. The lowest BCUT2D eigenvalue weighted by Gasteiger charge is -2.43. The van der Waals surface area contributed by atoms with Crippen molar-refractivity contribution in [2.24, 2.45) is 0 Å². The third-order valence-corrected chi connectivity index (χ3v) is 8.27. The lowest BCUT2D eigenvalue weighted by atomic mass is 9.71. The average Bonchev–Trinajstić information content (AvgIpc) is 3.26. The van der Waals surface area contributed by atoms with Crippen LogP contribution in [-0.2, 0) is 10.3 Å². The number of aromatic nitrogens is 3. The van der Waals surface area contributed by atoms with Crippen LogP contribution in [0.15, 0.2) is 83.8 Å². The Morgan fingerprint density at radius 2 is 1.93 bits per heavy atom. The number of carbonyl (C=O) groups excluding carboxylic acids is 1. The number of hydrogen-bond donors (Lipinski definition) is 4. The van der Waals surface area contributed by atoms with Crippen molar-refractivity contribution in [3.05, 3.63) is 112 Å². The molecule has 4 aromatic rings. The van der Waals surface area contributed by atoms with Crippen LogP contribution in [0.2, 0.25) is 0 Å². The van der Waals surface area contributed by atoms with Crippen LogP contribution < -0.4 is 21.9 Å². The number of hydrogen-bond acceptors (Lipinski definition) is 5. The number of terminal acetylenes is 1. The molecule has 1 fully saturated rings. The molecule has 1 aliphatic carbocycles. The van der Waals surface area contributed by atoms with Crippen molar-refractivity contribution in [1.82, 2.24) is 25.3 Å². The molecule has 0 saturated heterocycles. The molecule has 1 aliphatic heterocycles. The van der Waals surface area contributed by atoms with Crippen LogP contribution in [0.3, 0.4) is 0 Å². The molecule has 2 aromatic heterocycles. The fourth-order valence-electron chi connectivity index (χ4n) is 5.82. The summed E-state index contributed by atoms with van der Waals surface area (Å²) in [6.07, 6.45) is 19.2. The summed E-state index contributed by atoms with van der Waals surface area (Å²) in [4.78, 5) is 25.0. The molecule has 0 bridgehead atoms. The molecule has 8 heteroatoms. The Morgan fingerprint density at radius 3 is 2.67 bits per heavy atom. The topological polar surface area (TPSA) is 103 Å². The number of hydrazine groups is 1. The van der Waals surface area contributed by atoms with Gasteiger partial charge in [0.05, 0.1) is 17.3 Å². The van der Waals surface area contributed by atoms with Crippen molar-refractivity contribution in [2.45, 2.75) is 56.5 Å². The molecule has 6 rings (SSSR count). The van der Waals surface area contributed by atoms with Gasteiger partial charge in [0.2, 0.25) is 5.91 Å². The average molecular weight is 559 g/mol. The summed E-state index contributed by atoms with van der Waals surface area (Å²) in [5.41, 5.74) is 12.7. The number of allylic oxidation sites excluding steroid dienone is 1. The van der Waals surface area contributed by atoms with Crippen molar-refractivity contribution in [3.63, 3.8) is 0 Å². The Labute approximate surface area is 244 Å². The predicted molar refractivity (Wildman–Crippen MR) is 166 cm³/mol. The molecule has 42 heavy (non-hydrogen) atoms. The van der Waals surface area contributed by atoms with E-state index in [0.29, 0.717) is 5.65 Å². The van der Waals surface area contributed by atoms with Gasteiger partial charge >= 0.3 is 5.69 Å². The fourth-order valence-corrected chi connectivity index (χ4v) is 5.82. The number of amides is 1. The van der Waals surface area contributed by atoms with Crippen LogP contribution in [0, 0.1) is 12.3 Å². The number of nitrogens with one attached hydrogen (secondary N) is 4. The van der Waals surface area contributed by atoms with Crippen molar-refractivity contribution < 1.29 is 4.79 Å². The summed E-state index contributed by atoms with van der Waals surface area (Å²) < 4.78 is 1.51. The zero-order valence-corrected chi connectivity index (χ0v) is 23.4. The lowest BCUT2D eigenvalue weighted by Crippen LogP contribution is -2.50. The molecule has 0 spiro atoms. The first-order valence-electron chi connectivity index (χ1n) is 14.5.